The van der Waals surface area contributed by atoms with Crippen LogP contribution in [-0.4, -0.2) is 15.3 Å². The predicted octanol–water partition coefficient (Wildman–Crippen LogP) is 5.19. The molecule has 0 atom stereocenters. The van der Waals surface area contributed by atoms with E-state index in [0.717, 1.165) is 22.1 Å². The van der Waals surface area contributed by atoms with Crippen molar-refractivity contribution in [3.05, 3.63) is 66.2 Å². The Balaban J connectivity index is 2.08. The number of phenolic OH excluding ortho intramolecular Hbond substituents is 3. The molecule has 25 heavy (non-hydrogen) atoms. The normalized spacial score (nSPS) is 11.1. The summed E-state index contributed by atoms with van der Waals surface area (Å²) in [5, 5.41) is 30.5. The average molecular weight is 332 g/mol. The molecule has 124 valence electrons. The maximum Gasteiger partial charge on any atom is 0.143 e. The van der Waals surface area contributed by atoms with Crippen LogP contribution >= 0.6 is 0 Å². The van der Waals surface area contributed by atoms with Gasteiger partial charge in [0.15, 0.2) is 0 Å². The molecular weight excluding hydrogens is 316 g/mol. The van der Waals surface area contributed by atoms with Gasteiger partial charge in [0.2, 0.25) is 0 Å². The van der Waals surface area contributed by atoms with Gasteiger partial charge >= 0.3 is 0 Å². The molecule has 4 heteroatoms. The molecule has 4 nitrogen and oxygen atoms in total. The first kappa shape index (κ1) is 15.1. The minimum absolute atomic E-state index is 0.0104. The lowest BCUT2D eigenvalue weighted by atomic mass is 9.97. The summed E-state index contributed by atoms with van der Waals surface area (Å²) in [5.41, 5.74) is 3.76. The van der Waals surface area contributed by atoms with Crippen LogP contribution in [0.1, 0.15) is 5.56 Å². The van der Waals surface area contributed by atoms with E-state index in [-0.39, 0.29) is 17.2 Å². The van der Waals surface area contributed by atoms with Crippen molar-refractivity contribution in [2.75, 3.05) is 0 Å². The standard InChI is InChI=1S/C21H16O4/c1-12-3-2-4-13(9-12)21-20(16-7-5-14(22)10-18(16)24)17-8-6-15(23)11-19(17)25-21/h2-11,22-24H,1H3. The van der Waals surface area contributed by atoms with Crippen LogP contribution in [0.3, 0.4) is 0 Å². The third-order valence-electron chi connectivity index (χ3n) is 4.20. The molecule has 3 N–H and O–H groups in total. The Kier molecular flexibility index (Phi) is 3.39. The van der Waals surface area contributed by atoms with Crippen LogP contribution in [0.25, 0.3) is 33.4 Å². The molecule has 0 fully saturated rings. The molecule has 4 rings (SSSR count). The van der Waals surface area contributed by atoms with Crippen molar-refractivity contribution in [1.29, 1.82) is 0 Å². The molecule has 1 aromatic heterocycles. The predicted molar refractivity (Wildman–Crippen MR) is 96.8 cm³/mol. The maximum atomic E-state index is 10.4. The van der Waals surface area contributed by atoms with E-state index in [0.29, 0.717) is 16.9 Å². The Hall–Kier alpha value is -3.40. The van der Waals surface area contributed by atoms with Gasteiger partial charge < -0.3 is 19.7 Å². The Morgan fingerprint density at radius 1 is 0.800 bits per heavy atom. The summed E-state index contributed by atoms with van der Waals surface area (Å²) in [6.07, 6.45) is 0. The number of rotatable bonds is 2. The first-order valence-corrected chi connectivity index (χ1v) is 7.88. The van der Waals surface area contributed by atoms with Gasteiger partial charge in [-0.3, -0.25) is 0 Å². The van der Waals surface area contributed by atoms with Crippen LogP contribution in [0.2, 0.25) is 0 Å². The number of hydrogen-bond acceptors (Lipinski definition) is 4. The molecule has 0 spiro atoms. The van der Waals surface area contributed by atoms with Gasteiger partial charge in [-0.05, 0) is 37.3 Å². The number of furan rings is 1. The molecular formula is C21H16O4. The Bertz CT molecular complexity index is 1090. The van der Waals surface area contributed by atoms with Crippen molar-refractivity contribution in [1.82, 2.24) is 0 Å². The fraction of sp³-hybridized carbons (Fsp3) is 0.0476. The van der Waals surface area contributed by atoms with Crippen molar-refractivity contribution in [2.24, 2.45) is 0 Å². The van der Waals surface area contributed by atoms with Crippen molar-refractivity contribution in [3.63, 3.8) is 0 Å². The second-order valence-electron chi connectivity index (χ2n) is 6.06. The van der Waals surface area contributed by atoms with Gasteiger partial charge in [-0.2, -0.15) is 0 Å². The van der Waals surface area contributed by atoms with Crippen molar-refractivity contribution in [2.45, 2.75) is 6.92 Å². The first-order valence-electron chi connectivity index (χ1n) is 7.88. The molecule has 0 aliphatic heterocycles. The van der Waals surface area contributed by atoms with Crippen LogP contribution in [0.15, 0.2) is 65.1 Å². The third-order valence-corrected chi connectivity index (χ3v) is 4.20. The largest absolute Gasteiger partial charge is 0.508 e. The Morgan fingerprint density at radius 2 is 1.56 bits per heavy atom. The lowest BCUT2D eigenvalue weighted by molar-refractivity contribution is 0.452. The topological polar surface area (TPSA) is 73.8 Å². The summed E-state index contributed by atoms with van der Waals surface area (Å²) < 4.78 is 6.03. The minimum Gasteiger partial charge on any atom is -0.508 e. The highest BCUT2D eigenvalue weighted by Gasteiger charge is 2.20. The van der Waals surface area contributed by atoms with E-state index in [2.05, 4.69) is 0 Å². The quantitative estimate of drug-likeness (QED) is 0.472. The van der Waals surface area contributed by atoms with Gasteiger partial charge in [-0.1, -0.05) is 23.8 Å². The summed E-state index contributed by atoms with van der Waals surface area (Å²) in [7, 11) is 0. The molecule has 0 unspecified atom stereocenters. The van der Waals surface area contributed by atoms with E-state index in [1.54, 1.807) is 24.3 Å². The summed E-state index contributed by atoms with van der Waals surface area (Å²) in [6, 6.07) is 17.2. The number of phenols is 3. The number of aromatic hydroxyl groups is 3. The van der Waals surface area contributed by atoms with E-state index in [9.17, 15) is 15.3 Å². The van der Waals surface area contributed by atoms with Crippen molar-refractivity contribution >= 4 is 11.0 Å². The van der Waals surface area contributed by atoms with Gasteiger partial charge in [0.25, 0.3) is 0 Å². The van der Waals surface area contributed by atoms with Crippen molar-refractivity contribution < 1.29 is 19.7 Å². The van der Waals surface area contributed by atoms with E-state index < -0.39 is 0 Å². The first-order chi connectivity index (χ1) is 12.0. The van der Waals surface area contributed by atoms with Crippen LogP contribution in [-0.2, 0) is 0 Å². The molecule has 3 aromatic carbocycles. The van der Waals surface area contributed by atoms with Gasteiger partial charge in [0, 0.05) is 34.2 Å². The number of hydrogen-bond donors (Lipinski definition) is 3. The number of benzene rings is 3. The molecule has 4 aromatic rings. The molecule has 0 bridgehead atoms. The van der Waals surface area contributed by atoms with Gasteiger partial charge in [0.05, 0.1) is 0 Å². The van der Waals surface area contributed by atoms with E-state index in [4.69, 9.17) is 4.42 Å². The summed E-state index contributed by atoms with van der Waals surface area (Å²) in [4.78, 5) is 0. The van der Waals surface area contributed by atoms with Crippen LogP contribution in [0, 0.1) is 6.92 Å². The summed E-state index contributed by atoms with van der Waals surface area (Å²) in [5.74, 6) is 0.664. The van der Waals surface area contributed by atoms with Crippen LogP contribution in [0.4, 0.5) is 0 Å². The van der Waals surface area contributed by atoms with E-state index in [1.807, 2.05) is 31.2 Å². The van der Waals surface area contributed by atoms with Crippen molar-refractivity contribution in [3.8, 4) is 39.7 Å². The molecule has 0 amide bonds. The molecule has 0 radical (unpaired) electrons. The number of aryl methyl sites for hydroxylation is 1. The molecule has 0 aliphatic carbocycles. The minimum atomic E-state index is -0.0373. The van der Waals surface area contributed by atoms with Crippen LogP contribution < -0.4 is 0 Å². The molecule has 0 saturated heterocycles. The highest BCUT2D eigenvalue weighted by atomic mass is 16.3. The SMILES string of the molecule is Cc1cccc(-c2oc3cc(O)ccc3c2-c2ccc(O)cc2O)c1. The summed E-state index contributed by atoms with van der Waals surface area (Å²) >= 11 is 0. The maximum absolute atomic E-state index is 10.4. The lowest BCUT2D eigenvalue weighted by Gasteiger charge is -2.07. The molecule has 0 aliphatic rings. The fourth-order valence-electron chi connectivity index (χ4n) is 3.07. The second kappa shape index (κ2) is 5.60. The average Bonchev–Trinajstić information content (AvgIpc) is 2.93. The Morgan fingerprint density at radius 3 is 2.32 bits per heavy atom. The summed E-state index contributed by atoms with van der Waals surface area (Å²) in [6.45, 7) is 2.00. The van der Waals surface area contributed by atoms with Gasteiger partial charge in [-0.15, -0.1) is 0 Å². The van der Waals surface area contributed by atoms with Gasteiger partial charge in [-0.25, -0.2) is 0 Å². The third kappa shape index (κ3) is 2.58. The zero-order valence-electron chi connectivity index (χ0n) is 13.5. The van der Waals surface area contributed by atoms with Gasteiger partial charge in [0.1, 0.15) is 28.6 Å². The monoisotopic (exact) mass is 332 g/mol. The zero-order valence-corrected chi connectivity index (χ0v) is 13.5. The van der Waals surface area contributed by atoms with E-state index in [1.165, 1.54) is 12.1 Å². The fourth-order valence-corrected chi connectivity index (χ4v) is 3.07. The van der Waals surface area contributed by atoms with Crippen LogP contribution in [0.5, 0.6) is 17.2 Å². The highest BCUT2D eigenvalue weighted by molar-refractivity contribution is 6.03. The molecule has 0 saturated carbocycles. The highest BCUT2D eigenvalue weighted by Crippen LogP contribution is 2.45. The van der Waals surface area contributed by atoms with E-state index >= 15 is 0 Å². The number of fused-ring (bicyclic) bond motifs is 1. The second-order valence-corrected chi connectivity index (χ2v) is 6.06. The molecule has 1 heterocycles. The smallest absolute Gasteiger partial charge is 0.143 e. The lowest BCUT2D eigenvalue weighted by Crippen LogP contribution is -1.83. The Labute approximate surface area is 144 Å². The zero-order chi connectivity index (χ0) is 17.6.